The van der Waals surface area contributed by atoms with Crippen molar-refractivity contribution in [3.8, 4) is 17.2 Å². The van der Waals surface area contributed by atoms with Crippen LogP contribution in [0.15, 0.2) is 67.8 Å². The van der Waals surface area contributed by atoms with Gasteiger partial charge in [0.25, 0.3) is 0 Å². The number of aryl methyl sites for hydroxylation is 4. The van der Waals surface area contributed by atoms with E-state index in [-0.39, 0.29) is 27.7 Å². The molecule has 4 aromatic carbocycles. The number of ether oxygens (including phenoxy) is 2. The van der Waals surface area contributed by atoms with Gasteiger partial charge in [-0.15, -0.1) is 0 Å². The number of carbonyl (C=O) groups excluding carboxylic acids is 2. The molecule has 4 aromatic rings. The molecular formula is C56H74O5. The molecule has 0 aromatic heterocycles. The van der Waals surface area contributed by atoms with Crippen molar-refractivity contribution >= 4 is 17.5 Å². The minimum Gasteiger partial charge on any atom is -0.507 e. The Labute approximate surface area is 368 Å². The van der Waals surface area contributed by atoms with Crippen molar-refractivity contribution in [1.29, 1.82) is 0 Å². The second-order valence-electron chi connectivity index (χ2n) is 21.1. The van der Waals surface area contributed by atoms with E-state index in [0.717, 1.165) is 85.2 Å². The molecule has 0 aliphatic carbocycles. The third kappa shape index (κ3) is 11.0. The monoisotopic (exact) mass is 827 g/mol. The highest BCUT2D eigenvalue weighted by atomic mass is 16.5. The van der Waals surface area contributed by atoms with Gasteiger partial charge >= 0.3 is 11.9 Å². The lowest BCUT2D eigenvalue weighted by molar-refractivity contribution is -0.129. The largest absolute Gasteiger partial charge is 0.507 e. The maximum absolute atomic E-state index is 15.1. The Kier molecular flexibility index (Phi) is 14.6. The summed E-state index contributed by atoms with van der Waals surface area (Å²) in [4.78, 5) is 28.0. The maximum atomic E-state index is 15.1. The second kappa shape index (κ2) is 18.2. The molecule has 1 N–H and O–H groups in total. The molecule has 61 heavy (non-hydrogen) atoms. The first-order valence-corrected chi connectivity index (χ1v) is 22.1. The van der Waals surface area contributed by atoms with Crippen molar-refractivity contribution in [2.45, 2.75) is 171 Å². The highest BCUT2D eigenvalue weighted by Gasteiger charge is 2.34. The topological polar surface area (TPSA) is 72.8 Å². The SMILES string of the molecule is C=CC(=O)Oc1c(Cc2cc(CC)cc(C(C)(C)C)c2OC(=O)C(=C)c2c(C(CC)c3cc(C)cc(C(C)(C)C)c3O)cc(C)cc2C(C)(C)C)cc(CC)cc1C(C)(C)C. The van der Waals surface area contributed by atoms with Gasteiger partial charge in [0, 0.05) is 46.2 Å². The predicted molar refractivity (Wildman–Crippen MR) is 256 cm³/mol. The van der Waals surface area contributed by atoms with Crippen LogP contribution in [0, 0.1) is 13.8 Å². The number of phenolic OH excluding ortho intramolecular Hbond substituents is 1. The fourth-order valence-electron chi connectivity index (χ4n) is 8.41. The second-order valence-corrected chi connectivity index (χ2v) is 21.1. The molecule has 0 amide bonds. The van der Waals surface area contributed by atoms with Crippen LogP contribution in [0.2, 0.25) is 0 Å². The standard InChI is InChI=1S/C56H74O5/c1-20-36-28-38(50(60-47(57)23-4)45(30-36)55(14,15)16)32-39-29-37(21-2)31-46(56(17,18)19)51(39)61-52(59)35(7)48-41(24-33(5)26-43(48)53(8,9)10)40(22-3)42-25-34(6)27-44(49(42)58)54(11,12)13/h23-31,40,58H,4,7,20-22,32H2,1-3,5-6,8-19H3. The highest BCUT2D eigenvalue weighted by Crippen LogP contribution is 2.46. The zero-order chi connectivity index (χ0) is 46.2. The van der Waals surface area contributed by atoms with Crippen molar-refractivity contribution in [2.75, 3.05) is 0 Å². The third-order valence-electron chi connectivity index (χ3n) is 11.7. The van der Waals surface area contributed by atoms with E-state index in [0.29, 0.717) is 30.1 Å². The quantitative estimate of drug-likeness (QED) is 0.0875. The van der Waals surface area contributed by atoms with Gasteiger partial charge in [-0.2, -0.15) is 0 Å². The predicted octanol–water partition coefficient (Wildman–Crippen LogP) is 14.2. The van der Waals surface area contributed by atoms with E-state index < -0.39 is 17.4 Å². The van der Waals surface area contributed by atoms with Crippen molar-refractivity contribution in [3.63, 3.8) is 0 Å². The van der Waals surface area contributed by atoms with Gasteiger partial charge in [0.15, 0.2) is 0 Å². The molecule has 0 saturated heterocycles. The average molecular weight is 827 g/mol. The summed E-state index contributed by atoms with van der Waals surface area (Å²) in [5.74, 6) is -0.0149. The van der Waals surface area contributed by atoms with Crippen LogP contribution < -0.4 is 9.47 Å². The Bertz CT molecular complexity index is 2330. The van der Waals surface area contributed by atoms with E-state index >= 15 is 4.79 Å². The summed E-state index contributed by atoms with van der Waals surface area (Å²) in [5, 5.41) is 12.0. The lowest BCUT2D eigenvalue weighted by Gasteiger charge is -2.31. The molecule has 0 aliphatic heterocycles. The summed E-state index contributed by atoms with van der Waals surface area (Å²) in [7, 11) is 0. The van der Waals surface area contributed by atoms with Gasteiger partial charge in [0.05, 0.1) is 5.57 Å². The number of hydrogen-bond donors (Lipinski definition) is 1. The number of aromatic hydroxyl groups is 1. The van der Waals surface area contributed by atoms with E-state index in [4.69, 9.17) is 9.47 Å². The van der Waals surface area contributed by atoms with Gasteiger partial charge in [-0.25, -0.2) is 9.59 Å². The van der Waals surface area contributed by atoms with Crippen LogP contribution in [-0.2, 0) is 50.5 Å². The molecule has 5 heteroatoms. The number of phenols is 1. The van der Waals surface area contributed by atoms with Gasteiger partial charge in [-0.05, 0) is 88.2 Å². The van der Waals surface area contributed by atoms with Crippen LogP contribution in [0.3, 0.4) is 0 Å². The zero-order valence-corrected chi connectivity index (χ0v) is 40.6. The molecule has 0 saturated carbocycles. The smallest absolute Gasteiger partial charge is 0.343 e. The van der Waals surface area contributed by atoms with Crippen LogP contribution >= 0.6 is 0 Å². The Morgan fingerprint density at radius 3 is 1.46 bits per heavy atom. The van der Waals surface area contributed by atoms with Crippen LogP contribution in [-0.4, -0.2) is 17.0 Å². The lowest BCUT2D eigenvalue weighted by atomic mass is 9.74. The molecule has 0 aliphatic rings. The first-order chi connectivity index (χ1) is 28.1. The molecule has 0 fully saturated rings. The first kappa shape index (κ1) is 48.8. The molecule has 1 unspecified atom stereocenters. The molecule has 328 valence electrons. The van der Waals surface area contributed by atoms with Crippen molar-refractivity contribution in [3.05, 3.63) is 140 Å². The van der Waals surface area contributed by atoms with Crippen LogP contribution in [0.25, 0.3) is 5.57 Å². The van der Waals surface area contributed by atoms with Crippen LogP contribution in [0.1, 0.15) is 189 Å². The maximum Gasteiger partial charge on any atom is 0.343 e. The van der Waals surface area contributed by atoms with Gasteiger partial charge in [-0.3, -0.25) is 0 Å². The third-order valence-corrected chi connectivity index (χ3v) is 11.7. The highest BCUT2D eigenvalue weighted by molar-refractivity contribution is 6.17. The molecule has 0 heterocycles. The number of esters is 2. The minimum absolute atomic E-state index is 0.231. The van der Waals surface area contributed by atoms with Gasteiger partial charge < -0.3 is 14.6 Å². The number of rotatable bonds is 12. The Balaban J connectivity index is 2.03. The molecule has 0 radical (unpaired) electrons. The summed E-state index contributed by atoms with van der Waals surface area (Å²) >= 11 is 0. The van der Waals surface area contributed by atoms with E-state index in [9.17, 15) is 9.90 Å². The van der Waals surface area contributed by atoms with E-state index in [1.54, 1.807) is 0 Å². The summed E-state index contributed by atoms with van der Waals surface area (Å²) in [6, 6.07) is 17.0. The molecule has 5 nitrogen and oxygen atoms in total. The van der Waals surface area contributed by atoms with E-state index in [1.807, 2.05) is 0 Å². The number of hydrogen-bond acceptors (Lipinski definition) is 5. The van der Waals surface area contributed by atoms with Crippen LogP contribution in [0.5, 0.6) is 17.2 Å². The Morgan fingerprint density at radius 2 is 1.05 bits per heavy atom. The van der Waals surface area contributed by atoms with Crippen LogP contribution in [0.4, 0.5) is 0 Å². The average Bonchev–Trinajstić information content (AvgIpc) is 3.14. The van der Waals surface area contributed by atoms with Gasteiger partial charge in [0.2, 0.25) is 0 Å². The van der Waals surface area contributed by atoms with Crippen molar-refractivity contribution in [2.24, 2.45) is 0 Å². The van der Waals surface area contributed by atoms with Crippen molar-refractivity contribution in [1.82, 2.24) is 0 Å². The van der Waals surface area contributed by atoms with Gasteiger partial charge in [0.1, 0.15) is 17.2 Å². The van der Waals surface area contributed by atoms with Gasteiger partial charge in [-0.1, -0.05) is 177 Å². The van der Waals surface area contributed by atoms with Crippen molar-refractivity contribution < 1.29 is 24.2 Å². The number of carbonyl (C=O) groups is 2. The van der Waals surface area contributed by atoms with E-state index in [1.165, 1.54) is 6.08 Å². The Hall–Kier alpha value is -4.90. The molecule has 0 bridgehead atoms. The fraction of sp³-hybridized carbons (Fsp3) is 0.464. The normalized spacial score (nSPS) is 12.9. The first-order valence-electron chi connectivity index (χ1n) is 22.1. The molecular weight excluding hydrogens is 753 g/mol. The summed E-state index contributed by atoms with van der Waals surface area (Å²) in [6.45, 7) is 44.3. The Morgan fingerprint density at radius 1 is 0.623 bits per heavy atom. The fourth-order valence-corrected chi connectivity index (χ4v) is 8.41. The molecule has 4 rings (SSSR count). The van der Waals surface area contributed by atoms with E-state index in [2.05, 4.69) is 179 Å². The summed E-state index contributed by atoms with van der Waals surface area (Å²) in [5.41, 5.74) is 11.1. The minimum atomic E-state index is -0.540. The molecule has 1 atom stereocenters. The summed E-state index contributed by atoms with van der Waals surface area (Å²) < 4.78 is 12.8. The summed E-state index contributed by atoms with van der Waals surface area (Å²) in [6.07, 6.45) is 3.80. The molecule has 0 spiro atoms. The lowest BCUT2D eigenvalue weighted by Crippen LogP contribution is -2.23. The number of benzene rings is 4. The zero-order valence-electron chi connectivity index (χ0n) is 40.6.